The summed E-state index contributed by atoms with van der Waals surface area (Å²) < 4.78 is 28.3. The number of nitrogens with one attached hydrogen (secondary N) is 1. The van der Waals surface area contributed by atoms with E-state index < -0.39 is 5.92 Å². The van der Waals surface area contributed by atoms with Gasteiger partial charge in [0, 0.05) is 37.4 Å². The molecular formula is C19H19F2N3O. The van der Waals surface area contributed by atoms with Gasteiger partial charge in [0.1, 0.15) is 5.65 Å². The summed E-state index contributed by atoms with van der Waals surface area (Å²) in [6.45, 7) is 3.42. The number of anilines is 1. The van der Waals surface area contributed by atoms with Crippen molar-refractivity contribution in [2.45, 2.75) is 31.6 Å². The average molecular weight is 343 g/mol. The van der Waals surface area contributed by atoms with Crippen molar-refractivity contribution in [1.29, 1.82) is 0 Å². The molecule has 1 aliphatic rings. The molecule has 0 atom stereocenters. The second-order valence-electron chi connectivity index (χ2n) is 6.34. The van der Waals surface area contributed by atoms with Crippen molar-refractivity contribution in [3.8, 4) is 11.8 Å². The smallest absolute Gasteiger partial charge is 0.248 e. The van der Waals surface area contributed by atoms with E-state index in [9.17, 15) is 13.6 Å². The molecule has 0 saturated heterocycles. The number of pyridine rings is 1. The minimum absolute atomic E-state index is 0.00788. The molecule has 6 heteroatoms. The molecule has 130 valence electrons. The Kier molecular flexibility index (Phi) is 4.58. The van der Waals surface area contributed by atoms with Crippen LogP contribution in [-0.4, -0.2) is 21.4 Å². The summed E-state index contributed by atoms with van der Waals surface area (Å²) in [6.07, 6.45) is 5.27. The fraction of sp³-hybridized carbons (Fsp3) is 0.368. The third-order valence-electron chi connectivity index (χ3n) is 4.39. The van der Waals surface area contributed by atoms with Gasteiger partial charge >= 0.3 is 0 Å². The van der Waals surface area contributed by atoms with Gasteiger partial charge in [0.2, 0.25) is 11.8 Å². The normalized spacial score (nSPS) is 16.9. The first kappa shape index (κ1) is 17.2. The number of hydrogen-bond acceptors (Lipinski definition) is 2. The lowest BCUT2D eigenvalue weighted by molar-refractivity contribution is -0.111. The monoisotopic (exact) mass is 343 g/mol. The predicted molar refractivity (Wildman–Crippen MR) is 93.3 cm³/mol. The summed E-state index contributed by atoms with van der Waals surface area (Å²) >= 11 is 0. The van der Waals surface area contributed by atoms with Crippen LogP contribution in [-0.2, 0) is 11.8 Å². The summed E-state index contributed by atoms with van der Waals surface area (Å²) in [5, 5.41) is 3.49. The van der Waals surface area contributed by atoms with Crippen molar-refractivity contribution in [3.05, 3.63) is 36.7 Å². The van der Waals surface area contributed by atoms with Gasteiger partial charge in [-0.25, -0.2) is 13.8 Å². The fourth-order valence-corrected chi connectivity index (χ4v) is 2.99. The van der Waals surface area contributed by atoms with Crippen LogP contribution in [0.15, 0.2) is 31.1 Å². The number of carbonyl (C=O) groups is 1. The van der Waals surface area contributed by atoms with E-state index in [2.05, 4.69) is 28.7 Å². The Morgan fingerprint density at radius 3 is 2.88 bits per heavy atom. The highest BCUT2D eigenvalue weighted by Crippen LogP contribution is 2.35. The molecule has 1 fully saturated rings. The maximum atomic E-state index is 13.2. The molecule has 1 amide bonds. The van der Waals surface area contributed by atoms with Crippen molar-refractivity contribution in [1.82, 2.24) is 9.55 Å². The van der Waals surface area contributed by atoms with Crippen molar-refractivity contribution in [2.75, 3.05) is 5.32 Å². The van der Waals surface area contributed by atoms with Crippen molar-refractivity contribution in [3.63, 3.8) is 0 Å². The van der Waals surface area contributed by atoms with Gasteiger partial charge in [-0.1, -0.05) is 18.4 Å². The van der Waals surface area contributed by atoms with Gasteiger partial charge in [0.05, 0.1) is 17.4 Å². The van der Waals surface area contributed by atoms with Gasteiger partial charge in [-0.05, 0) is 25.0 Å². The molecule has 2 aromatic heterocycles. The molecule has 0 unspecified atom stereocenters. The number of nitrogens with zero attached hydrogens (tertiary/aromatic N) is 2. The van der Waals surface area contributed by atoms with E-state index in [1.54, 1.807) is 6.20 Å². The number of alkyl halides is 2. The summed E-state index contributed by atoms with van der Waals surface area (Å²) in [5.41, 5.74) is 2.08. The molecule has 2 aromatic rings. The minimum atomic E-state index is -2.54. The highest BCUT2D eigenvalue weighted by atomic mass is 19.3. The Hall–Kier alpha value is -2.68. The zero-order valence-electron chi connectivity index (χ0n) is 14.0. The first-order chi connectivity index (χ1) is 11.9. The van der Waals surface area contributed by atoms with Gasteiger partial charge in [-0.2, -0.15) is 0 Å². The number of hydrogen-bond donors (Lipinski definition) is 1. The molecule has 0 bridgehead atoms. The van der Waals surface area contributed by atoms with Crippen LogP contribution >= 0.6 is 0 Å². The highest BCUT2D eigenvalue weighted by Gasteiger charge is 2.34. The Morgan fingerprint density at radius 2 is 2.20 bits per heavy atom. The van der Waals surface area contributed by atoms with Crippen LogP contribution in [0.4, 0.5) is 14.5 Å². The SMILES string of the molecule is C=CC(=O)Nc1cnc2c(c1)c(C#CC1CCC(F)(F)CC1)cn2C. The van der Waals surface area contributed by atoms with Crippen LogP contribution in [0.25, 0.3) is 11.0 Å². The molecule has 4 nitrogen and oxygen atoms in total. The van der Waals surface area contributed by atoms with E-state index >= 15 is 0 Å². The topological polar surface area (TPSA) is 46.9 Å². The Morgan fingerprint density at radius 1 is 1.48 bits per heavy atom. The van der Waals surface area contributed by atoms with Crippen LogP contribution in [0.5, 0.6) is 0 Å². The Bertz CT molecular complexity index is 879. The van der Waals surface area contributed by atoms with E-state index in [0.29, 0.717) is 18.5 Å². The van der Waals surface area contributed by atoms with E-state index in [-0.39, 0.29) is 24.7 Å². The summed E-state index contributed by atoms with van der Waals surface area (Å²) in [6, 6.07) is 1.81. The van der Waals surface area contributed by atoms with E-state index in [4.69, 9.17) is 0 Å². The fourth-order valence-electron chi connectivity index (χ4n) is 2.99. The molecule has 1 N–H and O–H groups in total. The molecule has 1 aliphatic carbocycles. The first-order valence-corrected chi connectivity index (χ1v) is 8.16. The zero-order chi connectivity index (χ0) is 18.0. The molecule has 0 spiro atoms. The summed E-state index contributed by atoms with van der Waals surface area (Å²) in [5.74, 6) is 3.37. The lowest BCUT2D eigenvalue weighted by Gasteiger charge is -2.24. The number of rotatable bonds is 2. The maximum Gasteiger partial charge on any atom is 0.248 e. The largest absolute Gasteiger partial charge is 0.334 e. The van der Waals surface area contributed by atoms with Crippen molar-refractivity contribution < 1.29 is 13.6 Å². The van der Waals surface area contributed by atoms with Crippen LogP contribution in [0.1, 0.15) is 31.2 Å². The minimum Gasteiger partial charge on any atom is -0.334 e. The molecule has 3 rings (SSSR count). The number of carbonyl (C=O) groups excluding carboxylic acids is 1. The molecule has 0 aliphatic heterocycles. The zero-order valence-corrected chi connectivity index (χ0v) is 14.0. The van der Waals surface area contributed by atoms with Gasteiger partial charge < -0.3 is 9.88 Å². The molecule has 25 heavy (non-hydrogen) atoms. The van der Waals surface area contributed by atoms with E-state index in [0.717, 1.165) is 16.6 Å². The van der Waals surface area contributed by atoms with Gasteiger partial charge in [-0.15, -0.1) is 0 Å². The lowest BCUT2D eigenvalue weighted by atomic mass is 9.87. The number of fused-ring (bicyclic) bond motifs is 1. The van der Waals surface area contributed by atoms with E-state index in [1.165, 1.54) is 6.08 Å². The predicted octanol–water partition coefficient (Wildman–Crippen LogP) is 3.87. The molecule has 2 heterocycles. The number of aromatic nitrogens is 2. The van der Waals surface area contributed by atoms with Crippen LogP contribution in [0.2, 0.25) is 0 Å². The second-order valence-corrected chi connectivity index (χ2v) is 6.34. The van der Waals surface area contributed by atoms with E-state index in [1.807, 2.05) is 23.9 Å². The summed E-state index contributed by atoms with van der Waals surface area (Å²) in [4.78, 5) is 15.8. The van der Waals surface area contributed by atoms with Crippen LogP contribution < -0.4 is 5.32 Å². The van der Waals surface area contributed by atoms with Crippen molar-refractivity contribution >= 4 is 22.6 Å². The van der Waals surface area contributed by atoms with Crippen LogP contribution in [0, 0.1) is 17.8 Å². The number of halogens is 2. The van der Waals surface area contributed by atoms with Crippen molar-refractivity contribution in [2.24, 2.45) is 13.0 Å². The lowest BCUT2D eigenvalue weighted by Crippen LogP contribution is -2.23. The van der Waals surface area contributed by atoms with Crippen LogP contribution in [0.3, 0.4) is 0 Å². The molecule has 1 saturated carbocycles. The Balaban J connectivity index is 1.86. The maximum absolute atomic E-state index is 13.2. The van der Waals surface area contributed by atoms with Gasteiger partial charge in [0.15, 0.2) is 0 Å². The Labute approximate surface area is 144 Å². The first-order valence-electron chi connectivity index (χ1n) is 8.16. The molecule has 0 radical (unpaired) electrons. The molecule has 0 aromatic carbocycles. The van der Waals surface area contributed by atoms with Gasteiger partial charge in [0.25, 0.3) is 0 Å². The quantitative estimate of drug-likeness (QED) is 0.664. The average Bonchev–Trinajstić information content (AvgIpc) is 2.89. The number of amides is 1. The van der Waals surface area contributed by atoms with Gasteiger partial charge in [-0.3, -0.25) is 4.79 Å². The third-order valence-corrected chi connectivity index (χ3v) is 4.39. The standard InChI is InChI=1S/C19H19F2N3O/c1-3-17(25)23-15-10-16-14(12-24(2)18(16)22-11-15)5-4-13-6-8-19(20,21)9-7-13/h3,10-13H,1,6-9H2,2H3,(H,23,25). The highest BCUT2D eigenvalue weighted by molar-refractivity contribution is 6.00. The molecular weight excluding hydrogens is 324 g/mol. The second kappa shape index (κ2) is 6.67. The third kappa shape index (κ3) is 3.87. The number of aryl methyl sites for hydroxylation is 1. The summed E-state index contributed by atoms with van der Waals surface area (Å²) in [7, 11) is 1.86.